The smallest absolute Gasteiger partial charge is 0.196 e. The van der Waals surface area contributed by atoms with E-state index in [1.165, 1.54) is 11.8 Å². The summed E-state index contributed by atoms with van der Waals surface area (Å²) < 4.78 is 5.95. The van der Waals surface area contributed by atoms with Crippen molar-refractivity contribution in [2.75, 3.05) is 26.2 Å². The molecule has 0 bridgehead atoms. The number of piperazine rings is 1. The molecule has 0 aromatic heterocycles. The maximum absolute atomic E-state index is 13.2. The van der Waals surface area contributed by atoms with E-state index in [4.69, 9.17) is 4.74 Å². The summed E-state index contributed by atoms with van der Waals surface area (Å²) in [5, 5.41) is 20.1. The Morgan fingerprint density at radius 3 is 2.39 bits per heavy atom. The van der Waals surface area contributed by atoms with Crippen LogP contribution < -0.4 is 0 Å². The summed E-state index contributed by atoms with van der Waals surface area (Å²) in [5.41, 5.74) is 3.50. The molecule has 2 N–H and O–H groups in total. The highest BCUT2D eigenvalue weighted by Crippen LogP contribution is 2.35. The van der Waals surface area contributed by atoms with Crippen LogP contribution in [-0.2, 0) is 16.1 Å². The SMILES string of the molecule is O=C1C(c2ccc(O)cc2)=COC2C1=CC=C(O)/C2=C/N1CCN(Cc2ccccc2)CC1. The van der Waals surface area contributed by atoms with Gasteiger partial charge in [-0.15, -0.1) is 0 Å². The van der Waals surface area contributed by atoms with Crippen molar-refractivity contribution >= 4 is 11.4 Å². The number of benzene rings is 2. The molecule has 0 saturated carbocycles. The fourth-order valence-electron chi connectivity index (χ4n) is 4.40. The predicted molar refractivity (Wildman–Crippen MR) is 126 cm³/mol. The van der Waals surface area contributed by atoms with E-state index in [2.05, 4.69) is 34.1 Å². The molecule has 2 aromatic carbocycles. The van der Waals surface area contributed by atoms with Crippen LogP contribution in [0.3, 0.4) is 0 Å². The van der Waals surface area contributed by atoms with Crippen LogP contribution in [0.1, 0.15) is 11.1 Å². The number of ketones is 1. The number of aliphatic hydroxyl groups excluding tert-OH is 1. The number of hydrogen-bond donors (Lipinski definition) is 2. The van der Waals surface area contributed by atoms with Gasteiger partial charge in [-0.1, -0.05) is 42.5 Å². The second kappa shape index (κ2) is 9.00. The summed E-state index contributed by atoms with van der Waals surface area (Å²) in [6, 6.07) is 16.9. The molecule has 2 heterocycles. The first kappa shape index (κ1) is 21.1. The number of fused-ring (bicyclic) bond motifs is 1. The summed E-state index contributed by atoms with van der Waals surface area (Å²) in [4.78, 5) is 17.8. The number of nitrogens with zero attached hydrogens (tertiary/aromatic N) is 2. The molecule has 2 aromatic rings. The third-order valence-corrected chi connectivity index (χ3v) is 6.27. The summed E-state index contributed by atoms with van der Waals surface area (Å²) in [6.07, 6.45) is 5.94. The predicted octanol–water partition coefficient (Wildman–Crippen LogP) is 3.78. The van der Waals surface area contributed by atoms with Gasteiger partial charge in [-0.05, 0) is 35.4 Å². The van der Waals surface area contributed by atoms with E-state index in [0.29, 0.717) is 22.3 Å². The van der Waals surface area contributed by atoms with Crippen molar-refractivity contribution in [3.8, 4) is 5.75 Å². The van der Waals surface area contributed by atoms with E-state index >= 15 is 0 Å². The van der Waals surface area contributed by atoms with Crippen molar-refractivity contribution in [2.45, 2.75) is 12.6 Å². The molecule has 0 spiro atoms. The molecule has 0 amide bonds. The van der Waals surface area contributed by atoms with Gasteiger partial charge < -0.3 is 19.8 Å². The van der Waals surface area contributed by atoms with Crippen LogP contribution in [0.5, 0.6) is 5.75 Å². The van der Waals surface area contributed by atoms with Gasteiger partial charge in [0.1, 0.15) is 11.5 Å². The second-order valence-corrected chi connectivity index (χ2v) is 8.48. The Morgan fingerprint density at radius 1 is 0.939 bits per heavy atom. The van der Waals surface area contributed by atoms with Gasteiger partial charge in [-0.3, -0.25) is 9.69 Å². The first-order valence-corrected chi connectivity index (χ1v) is 11.1. The van der Waals surface area contributed by atoms with E-state index in [1.54, 1.807) is 36.4 Å². The number of rotatable bonds is 4. The minimum absolute atomic E-state index is 0.116. The molecule has 1 fully saturated rings. The van der Waals surface area contributed by atoms with Crippen LogP contribution in [0.2, 0.25) is 0 Å². The first-order valence-electron chi connectivity index (χ1n) is 11.1. The van der Waals surface area contributed by atoms with Crippen LogP contribution in [0, 0.1) is 0 Å². The van der Waals surface area contributed by atoms with Crippen molar-refractivity contribution in [3.05, 3.63) is 107 Å². The van der Waals surface area contributed by atoms with E-state index in [0.717, 1.165) is 32.7 Å². The van der Waals surface area contributed by atoms with Gasteiger partial charge in [-0.2, -0.15) is 0 Å². The Morgan fingerprint density at radius 2 is 1.67 bits per heavy atom. The third kappa shape index (κ3) is 4.43. The highest BCUT2D eigenvalue weighted by Gasteiger charge is 2.36. The van der Waals surface area contributed by atoms with Gasteiger partial charge in [0, 0.05) is 44.5 Å². The van der Waals surface area contributed by atoms with Gasteiger partial charge in [0.2, 0.25) is 0 Å². The number of allylic oxidation sites excluding steroid dienone is 3. The zero-order valence-corrected chi connectivity index (χ0v) is 18.2. The molecule has 1 saturated heterocycles. The zero-order valence-electron chi connectivity index (χ0n) is 18.2. The third-order valence-electron chi connectivity index (χ3n) is 6.27. The summed E-state index contributed by atoms with van der Waals surface area (Å²) in [5.74, 6) is 0.115. The standard InChI is InChI=1S/C27H26N2O4/c30-21-8-6-20(7-9-21)24-18-33-27-22(26(24)32)10-11-25(31)23(27)17-29-14-12-28(13-15-29)16-19-4-2-1-3-5-19/h1-11,17-18,27,30-31H,12-16H2/b23-17-. The van der Waals surface area contributed by atoms with Gasteiger partial charge in [0.15, 0.2) is 11.9 Å². The van der Waals surface area contributed by atoms with Gasteiger partial charge in [0.05, 0.1) is 17.4 Å². The molecule has 5 rings (SSSR count). The van der Waals surface area contributed by atoms with E-state index in [1.807, 2.05) is 12.3 Å². The Balaban J connectivity index is 1.30. The molecule has 2 aliphatic heterocycles. The van der Waals surface area contributed by atoms with Crippen LogP contribution >= 0.6 is 0 Å². The number of aromatic hydroxyl groups is 1. The van der Waals surface area contributed by atoms with Crippen molar-refractivity contribution in [1.29, 1.82) is 0 Å². The minimum Gasteiger partial charge on any atom is -0.508 e. The zero-order chi connectivity index (χ0) is 22.8. The van der Waals surface area contributed by atoms with E-state index < -0.39 is 6.10 Å². The summed E-state index contributed by atoms with van der Waals surface area (Å²) in [6.45, 7) is 4.42. The minimum atomic E-state index is -0.634. The van der Waals surface area contributed by atoms with Gasteiger partial charge >= 0.3 is 0 Å². The second-order valence-electron chi connectivity index (χ2n) is 8.48. The van der Waals surface area contributed by atoms with E-state index in [-0.39, 0.29) is 17.3 Å². The lowest BCUT2D eigenvalue weighted by Crippen LogP contribution is -2.44. The lowest BCUT2D eigenvalue weighted by Gasteiger charge is -2.36. The van der Waals surface area contributed by atoms with Crippen molar-refractivity contribution in [3.63, 3.8) is 0 Å². The van der Waals surface area contributed by atoms with E-state index in [9.17, 15) is 15.0 Å². The monoisotopic (exact) mass is 442 g/mol. The first-order chi connectivity index (χ1) is 16.1. The molecule has 1 atom stereocenters. The molecule has 168 valence electrons. The van der Waals surface area contributed by atoms with Gasteiger partial charge in [-0.25, -0.2) is 0 Å². The number of hydrogen-bond acceptors (Lipinski definition) is 6. The van der Waals surface area contributed by atoms with Crippen molar-refractivity contribution in [2.24, 2.45) is 0 Å². The molecular formula is C27H26N2O4. The molecular weight excluding hydrogens is 416 g/mol. The summed E-state index contributed by atoms with van der Waals surface area (Å²) >= 11 is 0. The topological polar surface area (TPSA) is 73.2 Å². The molecule has 1 aliphatic carbocycles. The van der Waals surface area contributed by atoms with Crippen LogP contribution in [0.15, 0.2) is 96.1 Å². The highest BCUT2D eigenvalue weighted by atomic mass is 16.5. The molecule has 6 nitrogen and oxygen atoms in total. The van der Waals surface area contributed by atoms with Crippen molar-refractivity contribution < 1.29 is 19.7 Å². The average molecular weight is 443 g/mol. The van der Waals surface area contributed by atoms with Crippen LogP contribution in [-0.4, -0.2) is 58.1 Å². The lowest BCUT2D eigenvalue weighted by molar-refractivity contribution is -0.112. The fourth-order valence-corrected chi connectivity index (χ4v) is 4.40. The number of carbonyl (C=O) groups is 1. The Labute approximate surface area is 193 Å². The maximum atomic E-state index is 13.2. The fraction of sp³-hybridized carbons (Fsp3) is 0.222. The number of Topliss-reactive ketones (excluding diaryl/α,β-unsaturated/α-hetero) is 1. The number of phenols is 1. The van der Waals surface area contributed by atoms with Crippen molar-refractivity contribution in [1.82, 2.24) is 9.80 Å². The van der Waals surface area contributed by atoms with Crippen LogP contribution in [0.25, 0.3) is 5.57 Å². The molecule has 33 heavy (non-hydrogen) atoms. The highest BCUT2D eigenvalue weighted by molar-refractivity contribution is 6.29. The van der Waals surface area contributed by atoms with Crippen LogP contribution in [0.4, 0.5) is 0 Å². The number of phenolic OH excluding ortho intramolecular Hbond substituents is 1. The number of carbonyl (C=O) groups excluding carboxylic acids is 1. The lowest BCUT2D eigenvalue weighted by atomic mass is 9.86. The largest absolute Gasteiger partial charge is 0.508 e. The Kier molecular flexibility index (Phi) is 5.75. The Hall–Kier alpha value is -3.77. The molecule has 0 radical (unpaired) electrons. The number of ether oxygens (including phenoxy) is 1. The quantitative estimate of drug-likeness (QED) is 0.751. The average Bonchev–Trinajstić information content (AvgIpc) is 2.84. The Bertz CT molecular complexity index is 1150. The molecule has 3 aliphatic rings. The van der Waals surface area contributed by atoms with Gasteiger partial charge in [0.25, 0.3) is 0 Å². The summed E-state index contributed by atoms with van der Waals surface area (Å²) in [7, 11) is 0. The molecule has 1 unspecified atom stereocenters. The molecule has 6 heteroatoms. The number of aliphatic hydroxyl groups is 1. The normalized spacial score (nSPS) is 22.2. The maximum Gasteiger partial charge on any atom is 0.196 e.